The normalized spacial score (nSPS) is 15.9. The molecule has 2 aromatic carbocycles. The summed E-state index contributed by atoms with van der Waals surface area (Å²) < 4.78 is 53.1. The first-order valence-electron chi connectivity index (χ1n) is 11.3. The molecule has 2 aromatic rings. The molecule has 34 heavy (non-hydrogen) atoms. The second-order valence-electron chi connectivity index (χ2n) is 9.17. The van der Waals surface area contributed by atoms with Crippen LogP contribution >= 0.6 is 0 Å². The van der Waals surface area contributed by atoms with E-state index in [1.807, 2.05) is 39.0 Å². The van der Waals surface area contributed by atoms with Crippen LogP contribution in [0.1, 0.15) is 32.3 Å². The molecule has 1 aliphatic heterocycles. The summed E-state index contributed by atoms with van der Waals surface area (Å²) in [6, 6.07) is 13.6. The molecule has 1 saturated heterocycles. The van der Waals surface area contributed by atoms with Crippen LogP contribution < -0.4 is 9.62 Å². The highest BCUT2D eigenvalue weighted by atomic mass is 32.2. The van der Waals surface area contributed by atoms with Crippen LogP contribution in [0.4, 0.5) is 11.4 Å². The van der Waals surface area contributed by atoms with Gasteiger partial charge in [-0.25, -0.2) is 21.1 Å². The maximum absolute atomic E-state index is 13.5. The Morgan fingerprint density at radius 3 is 2.15 bits per heavy atom. The van der Waals surface area contributed by atoms with Gasteiger partial charge >= 0.3 is 0 Å². The van der Waals surface area contributed by atoms with Gasteiger partial charge in [0.1, 0.15) is 0 Å². The standard InChI is InChI=1S/C24H33N3O5S2/c1-18(2)17-27(23-8-6-5-7-19(23)3)34(31,32)22-11-9-21(10-12-22)25-24(28)20-13-15-26(16-14-20)33(4,29)30/h5-12,18,20H,13-17H2,1-4H3,(H,25,28). The Balaban J connectivity index is 1.73. The highest BCUT2D eigenvalue weighted by molar-refractivity contribution is 7.92. The lowest BCUT2D eigenvalue weighted by atomic mass is 9.97. The van der Waals surface area contributed by atoms with Crippen LogP contribution in [0.15, 0.2) is 53.4 Å². The van der Waals surface area contributed by atoms with Crippen molar-refractivity contribution in [2.75, 3.05) is 35.5 Å². The van der Waals surface area contributed by atoms with E-state index in [0.29, 0.717) is 43.9 Å². The molecule has 0 bridgehead atoms. The summed E-state index contributed by atoms with van der Waals surface area (Å²) >= 11 is 0. The number of rotatable bonds is 8. The molecular weight excluding hydrogens is 474 g/mol. The fourth-order valence-electron chi connectivity index (χ4n) is 4.03. The predicted octanol–water partition coefficient (Wildman–Crippen LogP) is 3.46. The van der Waals surface area contributed by atoms with Gasteiger partial charge in [0.25, 0.3) is 10.0 Å². The van der Waals surface area contributed by atoms with Crippen molar-refractivity contribution in [1.29, 1.82) is 0 Å². The monoisotopic (exact) mass is 507 g/mol. The van der Waals surface area contributed by atoms with E-state index in [9.17, 15) is 21.6 Å². The zero-order valence-electron chi connectivity index (χ0n) is 20.1. The number of carbonyl (C=O) groups excluding carboxylic acids is 1. The van der Waals surface area contributed by atoms with E-state index in [0.717, 1.165) is 5.56 Å². The summed E-state index contributed by atoms with van der Waals surface area (Å²) in [6.07, 6.45) is 2.07. The molecule has 0 atom stereocenters. The van der Waals surface area contributed by atoms with Crippen molar-refractivity contribution in [3.05, 3.63) is 54.1 Å². The Kier molecular flexibility index (Phi) is 8.05. The molecule has 3 rings (SSSR count). The van der Waals surface area contributed by atoms with Crippen LogP contribution in [-0.2, 0) is 24.8 Å². The summed E-state index contributed by atoms with van der Waals surface area (Å²) in [5.41, 5.74) is 2.02. The molecule has 1 N–H and O–H groups in total. The lowest BCUT2D eigenvalue weighted by Crippen LogP contribution is -2.40. The Morgan fingerprint density at radius 1 is 1.03 bits per heavy atom. The first-order chi connectivity index (χ1) is 15.9. The number of nitrogens with zero attached hydrogens (tertiary/aromatic N) is 2. The fraction of sp³-hybridized carbons (Fsp3) is 0.458. The van der Waals surface area contributed by atoms with Gasteiger partial charge in [-0.3, -0.25) is 9.10 Å². The molecule has 8 nitrogen and oxygen atoms in total. The molecule has 1 heterocycles. The molecule has 0 radical (unpaired) electrons. The lowest BCUT2D eigenvalue weighted by Gasteiger charge is -2.29. The minimum atomic E-state index is -3.80. The number of para-hydroxylation sites is 1. The Morgan fingerprint density at radius 2 is 1.62 bits per heavy atom. The number of anilines is 2. The minimum absolute atomic E-state index is 0.127. The van der Waals surface area contributed by atoms with Crippen molar-refractivity contribution in [3.8, 4) is 0 Å². The van der Waals surface area contributed by atoms with Crippen LogP contribution in [0.25, 0.3) is 0 Å². The Labute approximate surface area is 203 Å². The van der Waals surface area contributed by atoms with Crippen molar-refractivity contribution >= 4 is 37.3 Å². The number of hydrogen-bond donors (Lipinski definition) is 1. The van der Waals surface area contributed by atoms with Crippen molar-refractivity contribution in [3.63, 3.8) is 0 Å². The number of carbonyl (C=O) groups is 1. The van der Waals surface area contributed by atoms with Gasteiger partial charge in [0.05, 0.1) is 16.8 Å². The number of sulfonamides is 2. The fourth-order valence-corrected chi connectivity index (χ4v) is 6.60. The highest BCUT2D eigenvalue weighted by Gasteiger charge is 2.30. The quantitative estimate of drug-likeness (QED) is 0.589. The number of amides is 1. The third-order valence-corrected chi connectivity index (χ3v) is 9.02. The first kappa shape index (κ1) is 26.2. The average molecular weight is 508 g/mol. The zero-order valence-corrected chi connectivity index (χ0v) is 21.7. The molecule has 186 valence electrons. The summed E-state index contributed by atoms with van der Waals surface area (Å²) in [5, 5.41) is 2.83. The van der Waals surface area contributed by atoms with E-state index in [4.69, 9.17) is 0 Å². The van der Waals surface area contributed by atoms with Crippen molar-refractivity contribution < 1.29 is 21.6 Å². The SMILES string of the molecule is Cc1ccccc1N(CC(C)C)S(=O)(=O)c1ccc(NC(=O)C2CCN(S(C)(=O)=O)CC2)cc1. The Hall–Kier alpha value is -2.43. The van der Waals surface area contributed by atoms with E-state index in [2.05, 4.69) is 5.32 Å². The summed E-state index contributed by atoms with van der Waals surface area (Å²) in [6.45, 7) is 6.81. The second kappa shape index (κ2) is 10.5. The minimum Gasteiger partial charge on any atom is -0.326 e. The van der Waals surface area contributed by atoms with Crippen LogP contribution in [-0.4, -0.2) is 52.9 Å². The number of benzene rings is 2. The third-order valence-electron chi connectivity index (χ3n) is 5.92. The van der Waals surface area contributed by atoms with Gasteiger partial charge in [-0.1, -0.05) is 32.0 Å². The van der Waals surface area contributed by atoms with Crippen LogP contribution in [0, 0.1) is 18.8 Å². The predicted molar refractivity (Wildman–Crippen MR) is 135 cm³/mol. The number of piperidine rings is 1. The number of aryl methyl sites for hydroxylation is 1. The Bertz CT molecular complexity index is 1220. The molecule has 0 aromatic heterocycles. The third kappa shape index (κ3) is 6.17. The van der Waals surface area contributed by atoms with E-state index >= 15 is 0 Å². The maximum Gasteiger partial charge on any atom is 0.264 e. The van der Waals surface area contributed by atoms with E-state index in [-0.39, 0.29) is 22.6 Å². The molecular formula is C24H33N3O5S2. The summed E-state index contributed by atoms with van der Waals surface area (Å²) in [4.78, 5) is 12.8. The van der Waals surface area contributed by atoms with Gasteiger partial charge < -0.3 is 5.32 Å². The molecule has 1 fully saturated rings. The van der Waals surface area contributed by atoms with E-state index in [1.54, 1.807) is 18.2 Å². The number of hydrogen-bond acceptors (Lipinski definition) is 5. The van der Waals surface area contributed by atoms with Crippen molar-refractivity contribution in [2.45, 2.75) is 38.5 Å². The molecule has 1 aliphatic rings. The van der Waals surface area contributed by atoms with Crippen molar-refractivity contribution in [2.24, 2.45) is 11.8 Å². The van der Waals surface area contributed by atoms with Crippen LogP contribution in [0.3, 0.4) is 0 Å². The average Bonchev–Trinajstić information content (AvgIpc) is 2.78. The zero-order chi connectivity index (χ0) is 25.1. The molecule has 0 aliphatic carbocycles. The second-order valence-corrected chi connectivity index (χ2v) is 13.0. The van der Waals surface area contributed by atoms with E-state index in [1.165, 1.54) is 27.0 Å². The first-order valence-corrected chi connectivity index (χ1v) is 14.6. The number of nitrogens with one attached hydrogen (secondary N) is 1. The molecule has 0 spiro atoms. The van der Waals surface area contributed by atoms with Crippen molar-refractivity contribution in [1.82, 2.24) is 4.31 Å². The molecule has 0 unspecified atom stereocenters. The van der Waals surface area contributed by atoms with Crippen LogP contribution in [0.2, 0.25) is 0 Å². The largest absolute Gasteiger partial charge is 0.326 e. The van der Waals surface area contributed by atoms with Gasteiger partial charge in [0.2, 0.25) is 15.9 Å². The van der Waals surface area contributed by atoms with Gasteiger partial charge in [-0.05, 0) is 61.6 Å². The topological polar surface area (TPSA) is 104 Å². The maximum atomic E-state index is 13.5. The summed E-state index contributed by atoms with van der Waals surface area (Å²) in [7, 11) is -7.05. The van der Waals surface area contributed by atoms with Crippen LogP contribution in [0.5, 0.6) is 0 Å². The lowest BCUT2D eigenvalue weighted by molar-refractivity contribution is -0.120. The molecule has 0 saturated carbocycles. The van der Waals surface area contributed by atoms with Gasteiger partial charge in [-0.2, -0.15) is 0 Å². The molecule has 1 amide bonds. The van der Waals surface area contributed by atoms with E-state index < -0.39 is 20.0 Å². The summed E-state index contributed by atoms with van der Waals surface area (Å²) in [5.74, 6) is -0.351. The van der Waals surface area contributed by atoms with Gasteiger partial charge in [0.15, 0.2) is 0 Å². The highest BCUT2D eigenvalue weighted by Crippen LogP contribution is 2.29. The van der Waals surface area contributed by atoms with Gasteiger partial charge in [0, 0.05) is 31.2 Å². The van der Waals surface area contributed by atoms with Gasteiger partial charge in [-0.15, -0.1) is 0 Å². The smallest absolute Gasteiger partial charge is 0.264 e. The molecule has 10 heteroatoms.